The zero-order valence-corrected chi connectivity index (χ0v) is 11.9. The molecule has 4 nitrogen and oxygen atoms in total. The Bertz CT molecular complexity index is 473. The molecule has 0 atom stereocenters. The molecular weight excluding hydrogens is 246 g/mol. The van der Waals surface area contributed by atoms with E-state index < -0.39 is 0 Å². The van der Waals surface area contributed by atoms with Crippen molar-refractivity contribution in [2.75, 3.05) is 23.7 Å². The molecule has 0 aromatic carbocycles. The molecule has 0 aliphatic heterocycles. The first kappa shape index (κ1) is 14.5. The van der Waals surface area contributed by atoms with Crippen molar-refractivity contribution < 1.29 is 4.79 Å². The van der Waals surface area contributed by atoms with Crippen molar-refractivity contribution in [2.24, 2.45) is 0 Å². The second kappa shape index (κ2) is 6.41. The van der Waals surface area contributed by atoms with Gasteiger partial charge in [-0.2, -0.15) is 5.26 Å². The Morgan fingerprint density at radius 1 is 1.50 bits per heavy atom. The van der Waals surface area contributed by atoms with Crippen LogP contribution >= 0.6 is 11.3 Å². The minimum Gasteiger partial charge on any atom is -0.396 e. The van der Waals surface area contributed by atoms with Crippen LogP contribution in [-0.2, 0) is 0 Å². The number of carbonyl (C=O) groups is 1. The van der Waals surface area contributed by atoms with Gasteiger partial charge in [0.2, 0.25) is 0 Å². The molecule has 5 heteroatoms. The number of hydrogen-bond donors (Lipinski definition) is 1. The topological polar surface area (TPSA) is 70.1 Å². The summed E-state index contributed by atoms with van der Waals surface area (Å²) in [6.07, 6.45) is 2.16. The van der Waals surface area contributed by atoms with Gasteiger partial charge in [-0.25, -0.2) is 0 Å². The van der Waals surface area contributed by atoms with Gasteiger partial charge in [0, 0.05) is 20.0 Å². The third-order valence-corrected chi connectivity index (χ3v) is 4.18. The maximum Gasteiger partial charge on any atom is 0.171 e. The van der Waals surface area contributed by atoms with Gasteiger partial charge in [-0.15, -0.1) is 11.3 Å². The number of Topliss-reactive ketones (excluding diaryl/α,β-unsaturated/α-hetero) is 1. The summed E-state index contributed by atoms with van der Waals surface area (Å²) in [6.45, 7) is 7.35. The molecule has 2 N–H and O–H groups in total. The number of nitriles is 1. The van der Waals surface area contributed by atoms with E-state index >= 15 is 0 Å². The van der Waals surface area contributed by atoms with Crippen LogP contribution in [0.1, 0.15) is 48.8 Å². The lowest BCUT2D eigenvalue weighted by Crippen LogP contribution is -2.23. The first-order valence-electron chi connectivity index (χ1n) is 6.14. The standard InChI is InChI=1S/C13H19N3OS/c1-4-6-7-16(5-2)13-10(8-14)11(15)12(18-13)9(3)17/h4-7,15H2,1-3H3. The molecule has 0 saturated carbocycles. The number of carbonyl (C=O) groups excluding carboxylic acids is 1. The van der Waals surface area contributed by atoms with E-state index in [2.05, 4.69) is 17.9 Å². The largest absolute Gasteiger partial charge is 0.396 e. The van der Waals surface area contributed by atoms with E-state index in [1.54, 1.807) is 0 Å². The summed E-state index contributed by atoms with van der Waals surface area (Å²) in [5.74, 6) is -0.0770. The molecule has 0 aliphatic carbocycles. The van der Waals surface area contributed by atoms with Crippen LogP contribution < -0.4 is 10.6 Å². The molecule has 1 aromatic heterocycles. The van der Waals surface area contributed by atoms with Gasteiger partial charge in [-0.1, -0.05) is 13.3 Å². The predicted molar refractivity (Wildman–Crippen MR) is 76.2 cm³/mol. The number of thiophene rings is 1. The molecule has 1 rings (SSSR count). The van der Waals surface area contributed by atoms with Crippen molar-refractivity contribution in [1.29, 1.82) is 5.26 Å². The monoisotopic (exact) mass is 265 g/mol. The summed E-state index contributed by atoms with van der Waals surface area (Å²) in [4.78, 5) is 14.1. The van der Waals surface area contributed by atoms with E-state index in [1.165, 1.54) is 18.3 Å². The minimum absolute atomic E-state index is 0.0770. The lowest BCUT2D eigenvalue weighted by molar-refractivity contribution is 0.102. The van der Waals surface area contributed by atoms with E-state index in [4.69, 9.17) is 5.73 Å². The molecule has 0 amide bonds. The Kier molecular flexibility index (Phi) is 5.17. The Labute approximate surface area is 112 Å². The molecule has 98 valence electrons. The minimum atomic E-state index is -0.0770. The normalized spacial score (nSPS) is 10.1. The highest BCUT2D eigenvalue weighted by Crippen LogP contribution is 2.38. The second-order valence-electron chi connectivity index (χ2n) is 4.13. The molecule has 18 heavy (non-hydrogen) atoms. The van der Waals surface area contributed by atoms with Gasteiger partial charge in [0.1, 0.15) is 16.6 Å². The Morgan fingerprint density at radius 3 is 2.61 bits per heavy atom. The van der Waals surface area contributed by atoms with Crippen LogP contribution in [0.2, 0.25) is 0 Å². The molecule has 0 radical (unpaired) electrons. The van der Waals surface area contributed by atoms with Crippen molar-refractivity contribution >= 4 is 27.8 Å². The van der Waals surface area contributed by atoms with Crippen LogP contribution in [-0.4, -0.2) is 18.9 Å². The number of nitrogens with two attached hydrogens (primary N) is 1. The first-order chi connectivity index (χ1) is 8.56. The van der Waals surface area contributed by atoms with Crippen molar-refractivity contribution in [2.45, 2.75) is 33.6 Å². The quantitative estimate of drug-likeness (QED) is 0.803. The van der Waals surface area contributed by atoms with Gasteiger partial charge in [0.15, 0.2) is 5.78 Å². The van der Waals surface area contributed by atoms with Crippen LogP contribution in [0.5, 0.6) is 0 Å². The van der Waals surface area contributed by atoms with Gasteiger partial charge in [0.05, 0.1) is 10.6 Å². The fraction of sp³-hybridized carbons (Fsp3) is 0.538. The molecule has 0 spiro atoms. The van der Waals surface area contributed by atoms with Crippen LogP contribution in [0, 0.1) is 11.3 Å². The number of anilines is 2. The molecule has 0 aliphatic rings. The van der Waals surface area contributed by atoms with Gasteiger partial charge in [-0.3, -0.25) is 4.79 Å². The average molecular weight is 265 g/mol. The first-order valence-corrected chi connectivity index (χ1v) is 6.96. The fourth-order valence-corrected chi connectivity index (χ4v) is 2.93. The van der Waals surface area contributed by atoms with Gasteiger partial charge in [-0.05, 0) is 13.3 Å². The number of unbranched alkanes of at least 4 members (excludes halogenated alkanes) is 1. The number of nitrogens with zero attached hydrogens (tertiary/aromatic N) is 2. The van der Waals surface area contributed by atoms with E-state index in [-0.39, 0.29) is 5.78 Å². The fourth-order valence-electron chi connectivity index (χ4n) is 1.78. The molecule has 0 unspecified atom stereocenters. The summed E-state index contributed by atoms with van der Waals surface area (Å²) in [5.41, 5.74) is 6.66. The van der Waals surface area contributed by atoms with Gasteiger partial charge < -0.3 is 10.6 Å². The summed E-state index contributed by atoms with van der Waals surface area (Å²) >= 11 is 1.33. The zero-order chi connectivity index (χ0) is 13.7. The third kappa shape index (κ3) is 2.82. The van der Waals surface area contributed by atoms with Crippen molar-refractivity contribution in [3.8, 4) is 6.07 Å². The van der Waals surface area contributed by atoms with E-state index in [1.807, 2.05) is 6.92 Å². The summed E-state index contributed by atoms with van der Waals surface area (Å²) in [6, 6.07) is 2.12. The van der Waals surface area contributed by atoms with Crippen molar-refractivity contribution in [3.63, 3.8) is 0 Å². The zero-order valence-electron chi connectivity index (χ0n) is 11.1. The smallest absolute Gasteiger partial charge is 0.171 e. The van der Waals surface area contributed by atoms with Crippen LogP contribution in [0.25, 0.3) is 0 Å². The lowest BCUT2D eigenvalue weighted by atomic mass is 10.2. The van der Waals surface area contributed by atoms with Crippen LogP contribution in [0.3, 0.4) is 0 Å². The van der Waals surface area contributed by atoms with Gasteiger partial charge in [0.25, 0.3) is 0 Å². The maximum atomic E-state index is 11.5. The Balaban J connectivity index is 3.18. The molecule has 1 aromatic rings. The highest BCUT2D eigenvalue weighted by molar-refractivity contribution is 7.19. The third-order valence-electron chi connectivity index (χ3n) is 2.81. The van der Waals surface area contributed by atoms with Crippen LogP contribution in [0.4, 0.5) is 10.7 Å². The number of nitrogen functional groups attached to an aromatic ring is 1. The second-order valence-corrected chi connectivity index (χ2v) is 5.13. The number of rotatable bonds is 6. The molecule has 0 saturated heterocycles. The Morgan fingerprint density at radius 2 is 2.17 bits per heavy atom. The Hall–Kier alpha value is -1.54. The maximum absolute atomic E-state index is 11.5. The van der Waals surface area contributed by atoms with E-state index in [0.29, 0.717) is 16.1 Å². The number of ketones is 1. The van der Waals surface area contributed by atoms with E-state index in [0.717, 1.165) is 30.9 Å². The average Bonchev–Trinajstić information content (AvgIpc) is 2.67. The van der Waals surface area contributed by atoms with Crippen molar-refractivity contribution in [1.82, 2.24) is 0 Å². The van der Waals surface area contributed by atoms with E-state index in [9.17, 15) is 10.1 Å². The van der Waals surface area contributed by atoms with Crippen molar-refractivity contribution in [3.05, 3.63) is 10.4 Å². The number of hydrogen-bond acceptors (Lipinski definition) is 5. The summed E-state index contributed by atoms with van der Waals surface area (Å²) in [5, 5.41) is 10.0. The summed E-state index contributed by atoms with van der Waals surface area (Å²) < 4.78 is 0. The highest BCUT2D eigenvalue weighted by Gasteiger charge is 2.21. The van der Waals surface area contributed by atoms with Gasteiger partial charge >= 0.3 is 0 Å². The lowest BCUT2D eigenvalue weighted by Gasteiger charge is -2.21. The van der Waals surface area contributed by atoms with Crippen LogP contribution in [0.15, 0.2) is 0 Å². The predicted octanol–water partition coefficient (Wildman–Crippen LogP) is 3.03. The molecule has 0 fully saturated rings. The molecular formula is C13H19N3OS. The summed E-state index contributed by atoms with van der Waals surface area (Å²) in [7, 11) is 0. The molecule has 0 bridgehead atoms. The SMILES string of the molecule is CCCCN(CC)c1sc(C(C)=O)c(N)c1C#N. The molecule has 1 heterocycles. The highest BCUT2D eigenvalue weighted by atomic mass is 32.1.